The zero-order chi connectivity index (χ0) is 13.4. The first-order valence-electron chi connectivity index (χ1n) is 7.91. The number of aliphatic hydroxyl groups is 1. The largest absolute Gasteiger partial charge is 0.389 e. The maximum atomic E-state index is 11.2. The fraction of sp³-hybridized carbons (Fsp3) is 1.00. The van der Waals surface area contributed by atoms with Gasteiger partial charge < -0.3 is 10.8 Å². The molecule has 2 fully saturated rings. The summed E-state index contributed by atoms with van der Waals surface area (Å²) >= 11 is 0. The number of hydrogen-bond acceptors (Lipinski definition) is 2. The van der Waals surface area contributed by atoms with Crippen molar-refractivity contribution >= 4 is 0 Å². The molecule has 2 rings (SSSR count). The van der Waals surface area contributed by atoms with E-state index < -0.39 is 5.60 Å². The van der Waals surface area contributed by atoms with Gasteiger partial charge in [0.2, 0.25) is 0 Å². The van der Waals surface area contributed by atoms with E-state index in [1.54, 1.807) is 0 Å². The molecule has 106 valence electrons. The van der Waals surface area contributed by atoms with Gasteiger partial charge in [-0.15, -0.1) is 0 Å². The normalized spacial score (nSPS) is 36.7. The Morgan fingerprint density at radius 3 is 2.11 bits per heavy atom. The molecule has 0 aromatic heterocycles. The predicted molar refractivity (Wildman–Crippen MR) is 76.2 cm³/mol. The van der Waals surface area contributed by atoms with Crippen LogP contribution in [0.5, 0.6) is 0 Å². The second-order valence-electron chi connectivity index (χ2n) is 7.12. The van der Waals surface area contributed by atoms with Crippen LogP contribution in [0.15, 0.2) is 0 Å². The molecule has 3 N–H and O–H groups in total. The molecule has 2 saturated carbocycles. The molecule has 18 heavy (non-hydrogen) atoms. The molecule has 0 radical (unpaired) electrons. The van der Waals surface area contributed by atoms with E-state index in [1.165, 1.54) is 25.7 Å². The molecule has 0 heterocycles. The Kier molecular flexibility index (Phi) is 4.08. The summed E-state index contributed by atoms with van der Waals surface area (Å²) in [6, 6.07) is 0. The van der Waals surface area contributed by atoms with Gasteiger partial charge in [0.1, 0.15) is 0 Å². The van der Waals surface area contributed by atoms with Crippen molar-refractivity contribution in [1.29, 1.82) is 0 Å². The standard InChI is InChI=1S/C16H31NO/c1-4-16(18,14-5-6-14)15(11-17)9-7-13(8-10-15)12(2)3/h12-14,18H,4-11,17H2,1-3H3. The second-order valence-corrected chi connectivity index (χ2v) is 7.12. The van der Waals surface area contributed by atoms with Crippen molar-refractivity contribution in [2.75, 3.05) is 6.54 Å². The monoisotopic (exact) mass is 253 g/mol. The van der Waals surface area contributed by atoms with Gasteiger partial charge in [-0.25, -0.2) is 0 Å². The van der Waals surface area contributed by atoms with Crippen molar-refractivity contribution in [1.82, 2.24) is 0 Å². The highest BCUT2D eigenvalue weighted by molar-refractivity contribution is 5.08. The third-order valence-corrected chi connectivity index (χ3v) is 6.03. The summed E-state index contributed by atoms with van der Waals surface area (Å²) in [5, 5.41) is 11.2. The molecule has 2 nitrogen and oxygen atoms in total. The highest BCUT2D eigenvalue weighted by atomic mass is 16.3. The SMILES string of the molecule is CCC(O)(C1CC1)C1(CN)CCC(C(C)C)CC1. The van der Waals surface area contributed by atoms with Crippen LogP contribution in [0.1, 0.15) is 65.7 Å². The number of hydrogen-bond donors (Lipinski definition) is 2. The predicted octanol–water partition coefficient (Wildman–Crippen LogP) is 3.33. The van der Waals surface area contributed by atoms with Crippen LogP contribution < -0.4 is 5.73 Å². The summed E-state index contributed by atoms with van der Waals surface area (Å²) < 4.78 is 0. The van der Waals surface area contributed by atoms with Crippen molar-refractivity contribution in [2.45, 2.75) is 71.3 Å². The molecule has 0 aliphatic heterocycles. The van der Waals surface area contributed by atoms with Gasteiger partial charge in [-0.05, 0) is 62.7 Å². The Hall–Kier alpha value is -0.0800. The van der Waals surface area contributed by atoms with Crippen molar-refractivity contribution in [2.24, 2.45) is 28.9 Å². The Bertz CT molecular complexity index is 277. The van der Waals surface area contributed by atoms with Gasteiger partial charge in [-0.1, -0.05) is 20.8 Å². The lowest BCUT2D eigenvalue weighted by Crippen LogP contribution is -2.55. The molecule has 0 aromatic carbocycles. The summed E-state index contributed by atoms with van der Waals surface area (Å²) in [7, 11) is 0. The lowest BCUT2D eigenvalue weighted by atomic mass is 9.58. The summed E-state index contributed by atoms with van der Waals surface area (Å²) in [6.45, 7) is 7.46. The van der Waals surface area contributed by atoms with E-state index in [2.05, 4.69) is 20.8 Å². The van der Waals surface area contributed by atoms with Crippen molar-refractivity contribution < 1.29 is 5.11 Å². The fourth-order valence-electron chi connectivity index (χ4n) is 4.33. The van der Waals surface area contributed by atoms with E-state index in [4.69, 9.17) is 5.73 Å². The minimum Gasteiger partial charge on any atom is -0.389 e. The average molecular weight is 253 g/mol. The minimum absolute atomic E-state index is 0.00824. The van der Waals surface area contributed by atoms with Crippen molar-refractivity contribution in [3.8, 4) is 0 Å². The molecular formula is C16H31NO. The van der Waals surface area contributed by atoms with Crippen LogP contribution in [0, 0.1) is 23.2 Å². The first-order chi connectivity index (χ1) is 8.49. The zero-order valence-corrected chi connectivity index (χ0v) is 12.4. The summed E-state index contributed by atoms with van der Waals surface area (Å²) in [5.74, 6) is 2.14. The van der Waals surface area contributed by atoms with Crippen LogP contribution in [0.25, 0.3) is 0 Å². The number of nitrogens with two attached hydrogens (primary N) is 1. The summed E-state index contributed by atoms with van der Waals surface area (Å²) in [5.41, 5.74) is 5.65. The van der Waals surface area contributed by atoms with Crippen molar-refractivity contribution in [3.63, 3.8) is 0 Å². The van der Waals surface area contributed by atoms with Gasteiger partial charge in [-0.2, -0.15) is 0 Å². The molecule has 0 amide bonds. The Morgan fingerprint density at radius 1 is 1.22 bits per heavy atom. The minimum atomic E-state index is -0.482. The zero-order valence-electron chi connectivity index (χ0n) is 12.4. The van der Waals surface area contributed by atoms with Gasteiger partial charge in [-0.3, -0.25) is 0 Å². The fourth-order valence-corrected chi connectivity index (χ4v) is 4.33. The first-order valence-corrected chi connectivity index (χ1v) is 7.91. The molecule has 0 spiro atoms. The Morgan fingerprint density at radius 2 is 1.78 bits per heavy atom. The first kappa shape index (κ1) is 14.3. The second kappa shape index (κ2) is 5.13. The van der Waals surface area contributed by atoms with Gasteiger partial charge in [0.05, 0.1) is 5.60 Å². The van der Waals surface area contributed by atoms with E-state index in [1.807, 2.05) is 0 Å². The van der Waals surface area contributed by atoms with Gasteiger partial charge >= 0.3 is 0 Å². The van der Waals surface area contributed by atoms with Crippen LogP contribution >= 0.6 is 0 Å². The van der Waals surface area contributed by atoms with E-state index in [0.29, 0.717) is 12.5 Å². The molecule has 0 bridgehead atoms. The van der Waals surface area contributed by atoms with Crippen molar-refractivity contribution in [3.05, 3.63) is 0 Å². The topological polar surface area (TPSA) is 46.2 Å². The van der Waals surface area contributed by atoms with E-state index >= 15 is 0 Å². The Balaban J connectivity index is 2.12. The maximum Gasteiger partial charge on any atom is 0.0741 e. The van der Waals surface area contributed by atoms with Crippen LogP contribution in [0.2, 0.25) is 0 Å². The van der Waals surface area contributed by atoms with Crippen LogP contribution in [-0.4, -0.2) is 17.3 Å². The molecule has 1 atom stereocenters. The maximum absolute atomic E-state index is 11.2. The van der Waals surface area contributed by atoms with Gasteiger partial charge in [0.15, 0.2) is 0 Å². The van der Waals surface area contributed by atoms with Gasteiger partial charge in [0, 0.05) is 12.0 Å². The highest BCUT2D eigenvalue weighted by Gasteiger charge is 2.56. The molecule has 0 saturated heterocycles. The van der Waals surface area contributed by atoms with Crippen LogP contribution in [0.3, 0.4) is 0 Å². The summed E-state index contributed by atoms with van der Waals surface area (Å²) in [6.07, 6.45) is 8.06. The third-order valence-electron chi connectivity index (χ3n) is 6.03. The molecule has 2 heteroatoms. The molecule has 2 aliphatic carbocycles. The van der Waals surface area contributed by atoms with E-state index in [-0.39, 0.29) is 5.41 Å². The quantitative estimate of drug-likeness (QED) is 0.789. The highest BCUT2D eigenvalue weighted by Crippen LogP contribution is 2.57. The molecule has 2 aliphatic rings. The molecule has 0 aromatic rings. The van der Waals surface area contributed by atoms with Gasteiger partial charge in [0.25, 0.3) is 0 Å². The molecule has 1 unspecified atom stereocenters. The van der Waals surface area contributed by atoms with E-state index in [9.17, 15) is 5.11 Å². The van der Waals surface area contributed by atoms with Crippen LogP contribution in [0.4, 0.5) is 0 Å². The van der Waals surface area contributed by atoms with E-state index in [0.717, 1.165) is 31.1 Å². The summed E-state index contributed by atoms with van der Waals surface area (Å²) in [4.78, 5) is 0. The lowest BCUT2D eigenvalue weighted by molar-refractivity contribution is -0.125. The smallest absolute Gasteiger partial charge is 0.0741 e. The number of rotatable bonds is 5. The Labute approximate surface area is 112 Å². The average Bonchev–Trinajstić information content (AvgIpc) is 3.22. The molecular weight excluding hydrogens is 222 g/mol. The van der Waals surface area contributed by atoms with Crippen LogP contribution in [-0.2, 0) is 0 Å². The third kappa shape index (κ3) is 2.22. The lowest BCUT2D eigenvalue weighted by Gasteiger charge is -2.51.